The highest BCUT2D eigenvalue weighted by atomic mass is 16.3. The molecule has 0 bridgehead atoms. The number of aliphatic hydroxyl groups is 2. The van der Waals surface area contributed by atoms with Crippen molar-refractivity contribution >= 4 is 17.5 Å². The summed E-state index contributed by atoms with van der Waals surface area (Å²) in [4.78, 5) is 25.6. The summed E-state index contributed by atoms with van der Waals surface area (Å²) in [6.45, 7) is 2.45. The highest BCUT2D eigenvalue weighted by molar-refractivity contribution is 5.98. The Balaban J connectivity index is 1.96. The van der Waals surface area contributed by atoms with Crippen molar-refractivity contribution in [3.05, 3.63) is 54.6 Å². The third-order valence-corrected chi connectivity index (χ3v) is 4.30. The fourth-order valence-electron chi connectivity index (χ4n) is 2.60. The Labute approximate surface area is 159 Å². The van der Waals surface area contributed by atoms with E-state index in [0.29, 0.717) is 12.2 Å². The number of rotatable bonds is 8. The molecule has 0 radical (unpaired) electrons. The number of hydrogen-bond donors (Lipinski definition) is 3. The molecule has 0 saturated heterocycles. The number of carbonyl (C=O) groups is 2. The average molecular weight is 370 g/mol. The van der Waals surface area contributed by atoms with Gasteiger partial charge in [0.05, 0.1) is 0 Å². The number of hydrogen-bond acceptors (Lipinski definition) is 4. The van der Waals surface area contributed by atoms with Crippen molar-refractivity contribution in [1.82, 2.24) is 4.90 Å². The molecule has 2 aromatic carbocycles. The minimum atomic E-state index is -1.84. The standard InChI is InChI=1S/C21H26N2O4/c1-3-4-14-23(2)21(27)19(25)18(24)20(26)22-17-12-10-16(11-13-17)15-8-6-5-7-9-15/h5-13,18-19,24-25H,3-4,14H2,1-2H3,(H,22,26). The second-order valence-electron chi connectivity index (χ2n) is 6.44. The lowest BCUT2D eigenvalue weighted by Gasteiger charge is -2.23. The minimum Gasteiger partial charge on any atom is -0.380 e. The molecule has 27 heavy (non-hydrogen) atoms. The molecule has 0 spiro atoms. The number of nitrogens with one attached hydrogen (secondary N) is 1. The van der Waals surface area contributed by atoms with Crippen LogP contribution >= 0.6 is 0 Å². The van der Waals surface area contributed by atoms with E-state index < -0.39 is 24.0 Å². The Morgan fingerprint density at radius 2 is 1.56 bits per heavy atom. The van der Waals surface area contributed by atoms with E-state index in [0.717, 1.165) is 24.0 Å². The summed E-state index contributed by atoms with van der Waals surface area (Å²) in [7, 11) is 1.54. The molecule has 0 aliphatic heterocycles. The Hall–Kier alpha value is -2.70. The number of amides is 2. The molecule has 0 aliphatic carbocycles. The summed E-state index contributed by atoms with van der Waals surface area (Å²) in [6, 6.07) is 16.9. The van der Waals surface area contributed by atoms with E-state index in [-0.39, 0.29) is 0 Å². The van der Waals surface area contributed by atoms with Gasteiger partial charge in [-0.05, 0) is 29.7 Å². The summed E-state index contributed by atoms with van der Waals surface area (Å²) in [5.74, 6) is -1.50. The lowest BCUT2D eigenvalue weighted by molar-refractivity contribution is -0.150. The van der Waals surface area contributed by atoms with Crippen LogP contribution < -0.4 is 5.32 Å². The van der Waals surface area contributed by atoms with Crippen molar-refractivity contribution < 1.29 is 19.8 Å². The van der Waals surface area contributed by atoms with Crippen LogP contribution in [0.4, 0.5) is 5.69 Å². The molecule has 0 saturated carbocycles. The normalized spacial score (nSPS) is 12.9. The molecular weight excluding hydrogens is 344 g/mol. The number of nitrogens with zero attached hydrogens (tertiary/aromatic N) is 1. The van der Waals surface area contributed by atoms with E-state index in [1.165, 1.54) is 11.9 Å². The zero-order valence-electron chi connectivity index (χ0n) is 15.6. The van der Waals surface area contributed by atoms with Crippen LogP contribution in [0.5, 0.6) is 0 Å². The van der Waals surface area contributed by atoms with Crippen molar-refractivity contribution in [2.45, 2.75) is 32.0 Å². The van der Waals surface area contributed by atoms with Gasteiger partial charge in [0.15, 0.2) is 12.2 Å². The summed E-state index contributed by atoms with van der Waals surface area (Å²) in [5, 5.41) is 22.5. The van der Waals surface area contributed by atoms with Gasteiger partial charge in [-0.15, -0.1) is 0 Å². The lowest BCUT2D eigenvalue weighted by atomic mass is 10.1. The number of unbranched alkanes of at least 4 members (excludes halogenated alkanes) is 1. The highest BCUT2D eigenvalue weighted by Gasteiger charge is 2.32. The molecule has 2 amide bonds. The summed E-state index contributed by atoms with van der Waals surface area (Å²) < 4.78 is 0. The van der Waals surface area contributed by atoms with Gasteiger partial charge in [-0.1, -0.05) is 55.8 Å². The molecule has 0 heterocycles. The molecule has 0 fully saturated rings. The van der Waals surface area contributed by atoms with Crippen molar-refractivity contribution in [2.75, 3.05) is 18.9 Å². The molecule has 2 unspecified atom stereocenters. The van der Waals surface area contributed by atoms with Crippen LogP contribution in [0.2, 0.25) is 0 Å². The maximum absolute atomic E-state index is 12.2. The summed E-state index contributed by atoms with van der Waals surface area (Å²) in [6.07, 6.45) is -1.95. The van der Waals surface area contributed by atoms with Gasteiger partial charge in [-0.25, -0.2) is 0 Å². The zero-order chi connectivity index (χ0) is 19.8. The van der Waals surface area contributed by atoms with Crippen LogP contribution in [0.1, 0.15) is 19.8 Å². The van der Waals surface area contributed by atoms with Gasteiger partial charge in [0.25, 0.3) is 11.8 Å². The third kappa shape index (κ3) is 5.64. The molecule has 6 nitrogen and oxygen atoms in total. The van der Waals surface area contributed by atoms with E-state index in [4.69, 9.17) is 0 Å². The number of anilines is 1. The zero-order valence-corrected chi connectivity index (χ0v) is 15.6. The van der Waals surface area contributed by atoms with Gasteiger partial charge in [0.1, 0.15) is 0 Å². The largest absolute Gasteiger partial charge is 0.380 e. The molecule has 6 heteroatoms. The first-order chi connectivity index (χ1) is 12.9. The first-order valence-electron chi connectivity index (χ1n) is 9.01. The van der Waals surface area contributed by atoms with Gasteiger partial charge >= 0.3 is 0 Å². The van der Waals surface area contributed by atoms with Crippen molar-refractivity contribution in [1.29, 1.82) is 0 Å². The van der Waals surface area contributed by atoms with Crippen molar-refractivity contribution in [2.24, 2.45) is 0 Å². The Kier molecular flexibility index (Phi) is 7.52. The fraction of sp³-hybridized carbons (Fsp3) is 0.333. The fourth-order valence-corrected chi connectivity index (χ4v) is 2.60. The SMILES string of the molecule is CCCCN(C)C(=O)C(O)C(O)C(=O)Nc1ccc(-c2ccccc2)cc1. The Bertz CT molecular complexity index is 747. The predicted octanol–water partition coefficient (Wildman–Crippen LogP) is 2.27. The first-order valence-corrected chi connectivity index (χ1v) is 9.01. The van der Waals surface area contributed by atoms with Crippen LogP contribution in [0.3, 0.4) is 0 Å². The van der Waals surface area contributed by atoms with E-state index in [9.17, 15) is 19.8 Å². The van der Waals surface area contributed by atoms with Gasteiger partial charge in [0.2, 0.25) is 0 Å². The van der Waals surface area contributed by atoms with E-state index in [1.54, 1.807) is 12.1 Å². The van der Waals surface area contributed by atoms with Crippen molar-refractivity contribution in [3.8, 4) is 11.1 Å². The molecule has 2 aromatic rings. The van der Waals surface area contributed by atoms with E-state index in [1.807, 2.05) is 49.4 Å². The maximum atomic E-state index is 12.2. The molecule has 0 aromatic heterocycles. The van der Waals surface area contributed by atoms with Crippen LogP contribution in [-0.2, 0) is 9.59 Å². The quantitative estimate of drug-likeness (QED) is 0.665. The Morgan fingerprint density at radius 1 is 0.963 bits per heavy atom. The summed E-state index contributed by atoms with van der Waals surface area (Å²) >= 11 is 0. The number of carbonyl (C=O) groups excluding carboxylic acids is 2. The van der Waals surface area contributed by atoms with Gasteiger partial charge in [-0.2, -0.15) is 0 Å². The minimum absolute atomic E-state index is 0.460. The highest BCUT2D eigenvalue weighted by Crippen LogP contribution is 2.21. The molecule has 3 N–H and O–H groups in total. The Morgan fingerprint density at radius 3 is 2.15 bits per heavy atom. The first kappa shape index (κ1) is 20.6. The van der Waals surface area contributed by atoms with Crippen molar-refractivity contribution in [3.63, 3.8) is 0 Å². The molecule has 2 rings (SSSR count). The van der Waals surface area contributed by atoms with Gasteiger partial charge in [0, 0.05) is 19.3 Å². The monoisotopic (exact) mass is 370 g/mol. The van der Waals surface area contributed by atoms with E-state index in [2.05, 4.69) is 5.32 Å². The lowest BCUT2D eigenvalue weighted by Crippen LogP contribution is -2.48. The second kappa shape index (κ2) is 9.85. The van der Waals surface area contributed by atoms with Gasteiger partial charge < -0.3 is 20.4 Å². The maximum Gasteiger partial charge on any atom is 0.256 e. The van der Waals surface area contributed by atoms with Crippen LogP contribution in [-0.4, -0.2) is 52.7 Å². The number of benzene rings is 2. The van der Waals surface area contributed by atoms with E-state index >= 15 is 0 Å². The van der Waals surface area contributed by atoms with Crippen LogP contribution in [0, 0.1) is 0 Å². The topological polar surface area (TPSA) is 89.9 Å². The van der Waals surface area contributed by atoms with Crippen LogP contribution in [0.25, 0.3) is 11.1 Å². The second-order valence-corrected chi connectivity index (χ2v) is 6.44. The third-order valence-electron chi connectivity index (χ3n) is 4.30. The number of likely N-dealkylation sites (N-methyl/N-ethyl adjacent to an activating group) is 1. The molecular formula is C21H26N2O4. The average Bonchev–Trinajstić information content (AvgIpc) is 2.71. The molecule has 2 atom stereocenters. The predicted molar refractivity (Wildman–Crippen MR) is 105 cm³/mol. The smallest absolute Gasteiger partial charge is 0.256 e. The molecule has 0 aliphatic rings. The van der Waals surface area contributed by atoms with Gasteiger partial charge in [-0.3, -0.25) is 9.59 Å². The summed E-state index contributed by atoms with van der Waals surface area (Å²) in [5.41, 5.74) is 2.51. The number of aliphatic hydroxyl groups excluding tert-OH is 2. The molecule has 144 valence electrons. The van der Waals surface area contributed by atoms with Crippen LogP contribution in [0.15, 0.2) is 54.6 Å².